The van der Waals surface area contributed by atoms with Gasteiger partial charge in [-0.2, -0.15) is 0 Å². The summed E-state index contributed by atoms with van der Waals surface area (Å²) >= 11 is 1.24. The molecule has 0 bridgehead atoms. The van der Waals surface area contributed by atoms with Crippen LogP contribution in [0.5, 0.6) is 0 Å². The van der Waals surface area contributed by atoms with E-state index in [0.717, 1.165) is 49.2 Å². The molecule has 2 aromatic heterocycles. The first kappa shape index (κ1) is 21.6. The number of likely N-dealkylation sites (tertiary alicyclic amines) is 1. The Labute approximate surface area is 199 Å². The number of benzene rings is 2. The van der Waals surface area contributed by atoms with Gasteiger partial charge in [-0.15, -0.1) is 11.3 Å². The molecule has 2 fully saturated rings. The fourth-order valence-corrected chi connectivity index (χ4v) is 6.91. The summed E-state index contributed by atoms with van der Waals surface area (Å²) in [5, 5.41) is 10.1. The second kappa shape index (κ2) is 8.36. The van der Waals surface area contributed by atoms with Gasteiger partial charge in [-0.3, -0.25) is 9.20 Å². The van der Waals surface area contributed by atoms with Crippen molar-refractivity contribution in [2.75, 3.05) is 31.1 Å². The van der Waals surface area contributed by atoms with Crippen LogP contribution in [0, 0.1) is 5.82 Å². The first-order valence-electron chi connectivity index (χ1n) is 11.9. The highest BCUT2D eigenvalue weighted by atomic mass is 32.1. The Morgan fingerprint density at radius 2 is 1.74 bits per heavy atom. The minimum atomic E-state index is -1.26. The maximum Gasteiger partial charge on any atom is 0.342 e. The maximum atomic E-state index is 15.5. The molecule has 176 valence electrons. The molecular weight excluding hydrogens is 453 g/mol. The summed E-state index contributed by atoms with van der Waals surface area (Å²) < 4.78 is 18.1. The van der Waals surface area contributed by atoms with E-state index in [0.29, 0.717) is 22.1 Å². The van der Waals surface area contributed by atoms with Gasteiger partial charge in [-0.25, -0.2) is 9.18 Å². The Balaban J connectivity index is 1.45. The monoisotopic (exact) mass is 479 g/mol. The molecule has 1 N–H and O–H groups in total. The Hall–Kier alpha value is -2.97. The lowest BCUT2D eigenvalue weighted by atomic mass is 9.99. The van der Waals surface area contributed by atoms with Crippen LogP contribution in [0.25, 0.3) is 25.9 Å². The molecule has 0 saturated carbocycles. The molecule has 4 heterocycles. The van der Waals surface area contributed by atoms with E-state index in [1.165, 1.54) is 36.7 Å². The Morgan fingerprint density at radius 1 is 1.00 bits per heavy atom. The number of carboxylic acid groups (broad SMARTS) is 1. The van der Waals surface area contributed by atoms with Crippen molar-refractivity contribution in [1.82, 2.24) is 9.30 Å². The summed E-state index contributed by atoms with van der Waals surface area (Å²) in [5.41, 5.74) is 0.752. The second-order valence-electron chi connectivity index (χ2n) is 9.36. The maximum absolute atomic E-state index is 15.5. The number of anilines is 1. The van der Waals surface area contributed by atoms with Gasteiger partial charge in [0.15, 0.2) is 0 Å². The van der Waals surface area contributed by atoms with Crippen molar-refractivity contribution in [3.8, 4) is 0 Å². The third-order valence-corrected chi connectivity index (χ3v) is 8.58. The van der Waals surface area contributed by atoms with Crippen LogP contribution >= 0.6 is 11.3 Å². The van der Waals surface area contributed by atoms with Crippen LogP contribution in [-0.2, 0) is 0 Å². The highest BCUT2D eigenvalue weighted by Gasteiger charge is 2.28. The molecule has 0 atom stereocenters. The van der Waals surface area contributed by atoms with Crippen molar-refractivity contribution in [1.29, 1.82) is 0 Å². The average molecular weight is 480 g/mol. The summed E-state index contributed by atoms with van der Waals surface area (Å²) in [6.45, 7) is 3.74. The molecule has 8 heteroatoms. The molecule has 0 amide bonds. The van der Waals surface area contributed by atoms with Gasteiger partial charge >= 0.3 is 5.97 Å². The molecule has 6 nitrogen and oxygen atoms in total. The first-order chi connectivity index (χ1) is 16.5. The predicted molar refractivity (Wildman–Crippen MR) is 134 cm³/mol. The number of rotatable bonds is 3. The lowest BCUT2D eigenvalue weighted by molar-refractivity contribution is 0.0697. The number of pyridine rings is 1. The number of para-hydroxylation sites is 1. The van der Waals surface area contributed by atoms with Crippen molar-refractivity contribution in [3.63, 3.8) is 0 Å². The van der Waals surface area contributed by atoms with Crippen LogP contribution in [-0.4, -0.2) is 52.6 Å². The minimum absolute atomic E-state index is 0.244. The number of hydrogen-bond acceptors (Lipinski definition) is 5. The fourth-order valence-electron chi connectivity index (χ4n) is 5.73. The second-order valence-corrected chi connectivity index (χ2v) is 10.4. The zero-order valence-corrected chi connectivity index (χ0v) is 19.6. The van der Waals surface area contributed by atoms with Gasteiger partial charge in [0.05, 0.1) is 21.4 Å². The van der Waals surface area contributed by atoms with E-state index in [4.69, 9.17) is 0 Å². The zero-order valence-electron chi connectivity index (χ0n) is 18.8. The van der Waals surface area contributed by atoms with E-state index in [-0.39, 0.29) is 16.8 Å². The van der Waals surface area contributed by atoms with Crippen molar-refractivity contribution >= 4 is 48.9 Å². The molecular formula is C26H26FN3O3S. The smallest absolute Gasteiger partial charge is 0.342 e. The fraction of sp³-hybridized carbons (Fsp3) is 0.385. The molecule has 0 spiro atoms. The number of aromatic nitrogens is 1. The highest BCUT2D eigenvalue weighted by molar-refractivity contribution is 7.24. The van der Waals surface area contributed by atoms with Gasteiger partial charge in [0, 0.05) is 30.6 Å². The van der Waals surface area contributed by atoms with Crippen molar-refractivity contribution in [2.24, 2.45) is 0 Å². The number of halogens is 1. The van der Waals surface area contributed by atoms with E-state index in [2.05, 4.69) is 4.90 Å². The summed E-state index contributed by atoms with van der Waals surface area (Å²) in [4.78, 5) is 30.3. The third kappa shape index (κ3) is 3.39. The van der Waals surface area contributed by atoms with Crippen LogP contribution in [0.1, 0.15) is 42.5 Å². The number of aromatic carboxylic acids is 1. The van der Waals surface area contributed by atoms with E-state index in [1.54, 1.807) is 10.5 Å². The average Bonchev–Trinajstić information content (AvgIpc) is 3.23. The van der Waals surface area contributed by atoms with Crippen LogP contribution in [0.3, 0.4) is 0 Å². The predicted octanol–water partition coefficient (Wildman–Crippen LogP) is 4.96. The summed E-state index contributed by atoms with van der Waals surface area (Å²) in [7, 11) is 0. The quantitative estimate of drug-likeness (QED) is 0.450. The molecule has 2 saturated heterocycles. The Bertz CT molecular complexity index is 1480. The van der Waals surface area contributed by atoms with E-state index in [1.807, 2.05) is 29.2 Å². The minimum Gasteiger partial charge on any atom is -0.477 e. The third-order valence-electron chi connectivity index (χ3n) is 7.43. The van der Waals surface area contributed by atoms with E-state index in [9.17, 15) is 14.7 Å². The SMILES string of the molecule is O=C(O)c1c(=O)c2cc(N3CCC(N4CCCCC4)CC3)c(F)cc2n2c1sc1ccccc12. The van der Waals surface area contributed by atoms with Crippen molar-refractivity contribution < 1.29 is 14.3 Å². The first-order valence-corrected chi connectivity index (χ1v) is 12.8. The van der Waals surface area contributed by atoms with Gasteiger partial charge in [-0.1, -0.05) is 18.6 Å². The highest BCUT2D eigenvalue weighted by Crippen LogP contribution is 2.34. The van der Waals surface area contributed by atoms with Crippen LogP contribution in [0.15, 0.2) is 41.2 Å². The van der Waals surface area contributed by atoms with Crippen LogP contribution in [0.4, 0.5) is 10.1 Å². The van der Waals surface area contributed by atoms with Gasteiger partial charge in [0.2, 0.25) is 5.43 Å². The molecule has 0 radical (unpaired) electrons. The number of nitrogens with zero attached hydrogens (tertiary/aromatic N) is 3. The molecule has 2 aromatic carbocycles. The molecule has 0 aliphatic carbocycles. The van der Waals surface area contributed by atoms with E-state index < -0.39 is 11.4 Å². The van der Waals surface area contributed by atoms with Gasteiger partial charge < -0.3 is 14.9 Å². The number of carbonyl (C=O) groups is 1. The molecule has 6 rings (SSSR count). The normalized spacial score (nSPS) is 18.3. The molecule has 2 aliphatic heterocycles. The Kier molecular flexibility index (Phi) is 5.30. The summed E-state index contributed by atoms with van der Waals surface area (Å²) in [5.74, 6) is -1.64. The Morgan fingerprint density at radius 3 is 2.47 bits per heavy atom. The summed E-state index contributed by atoms with van der Waals surface area (Å²) in [6, 6.07) is 11.0. The summed E-state index contributed by atoms with van der Waals surface area (Å²) in [6.07, 6.45) is 5.73. The number of fused-ring (bicyclic) bond motifs is 5. The zero-order chi connectivity index (χ0) is 23.4. The van der Waals surface area contributed by atoms with Crippen molar-refractivity contribution in [2.45, 2.75) is 38.1 Å². The largest absolute Gasteiger partial charge is 0.477 e. The van der Waals surface area contributed by atoms with Crippen LogP contribution < -0.4 is 10.3 Å². The van der Waals surface area contributed by atoms with Gasteiger partial charge in [0.1, 0.15) is 16.2 Å². The van der Waals surface area contributed by atoms with Gasteiger partial charge in [0.25, 0.3) is 0 Å². The number of carboxylic acids is 1. The lowest BCUT2D eigenvalue weighted by Gasteiger charge is -2.41. The molecule has 4 aromatic rings. The van der Waals surface area contributed by atoms with Gasteiger partial charge in [-0.05, 0) is 57.0 Å². The topological polar surface area (TPSA) is 65.3 Å². The molecule has 2 aliphatic rings. The molecule has 34 heavy (non-hydrogen) atoms. The molecule has 0 unspecified atom stereocenters. The lowest BCUT2D eigenvalue weighted by Crippen LogP contribution is -2.47. The van der Waals surface area contributed by atoms with E-state index >= 15 is 4.39 Å². The number of thiazole rings is 1. The number of hydrogen-bond donors (Lipinski definition) is 1. The van der Waals surface area contributed by atoms with Crippen molar-refractivity contribution in [3.05, 3.63) is 58.0 Å². The standard InChI is InChI=1S/C26H26FN3O3S/c27-18-15-20-17(14-21(18)29-12-8-16(9-13-29)28-10-4-1-5-11-28)24(31)23(26(32)33)25-30(20)19-6-2-3-7-22(19)34-25/h2-3,6-7,14-16H,1,4-5,8-13H2,(H,32,33). The van der Waals surface area contributed by atoms with Crippen LogP contribution in [0.2, 0.25) is 0 Å². The number of piperidine rings is 2.